The van der Waals surface area contributed by atoms with Gasteiger partial charge >= 0.3 is 0 Å². The van der Waals surface area contributed by atoms with Crippen LogP contribution in [0.3, 0.4) is 0 Å². The number of hydrogen-bond donors (Lipinski definition) is 0. The Morgan fingerprint density at radius 2 is 2.33 bits per heavy atom. The quantitative estimate of drug-likeness (QED) is 0.688. The first kappa shape index (κ1) is 10.3. The van der Waals surface area contributed by atoms with Crippen molar-refractivity contribution in [1.82, 2.24) is 4.98 Å². The van der Waals surface area contributed by atoms with Gasteiger partial charge in [0, 0.05) is 24.4 Å². The van der Waals surface area contributed by atoms with Gasteiger partial charge in [0.15, 0.2) is 5.78 Å². The standard InChI is InChI=1S/C13H17NO/c1-2-11-9-14-8-7-12(11)13(15)6-5-10-3-4-10/h7-10H,2-6H2,1H3. The summed E-state index contributed by atoms with van der Waals surface area (Å²) in [7, 11) is 0. The Labute approximate surface area is 90.7 Å². The van der Waals surface area contributed by atoms with Gasteiger partial charge in [-0.15, -0.1) is 0 Å². The SMILES string of the molecule is CCc1cnccc1C(=O)CCC1CC1. The van der Waals surface area contributed by atoms with Crippen molar-refractivity contribution in [2.24, 2.45) is 5.92 Å². The summed E-state index contributed by atoms with van der Waals surface area (Å²) in [5.41, 5.74) is 1.96. The molecule has 2 rings (SSSR count). The Bertz CT molecular complexity index is 355. The first-order chi connectivity index (χ1) is 7.31. The van der Waals surface area contributed by atoms with E-state index in [-0.39, 0.29) is 0 Å². The molecule has 1 aromatic heterocycles. The van der Waals surface area contributed by atoms with E-state index in [0.29, 0.717) is 12.2 Å². The van der Waals surface area contributed by atoms with E-state index in [1.54, 1.807) is 6.20 Å². The van der Waals surface area contributed by atoms with Crippen LogP contribution < -0.4 is 0 Å². The van der Waals surface area contributed by atoms with Crippen molar-refractivity contribution in [2.45, 2.75) is 39.0 Å². The molecule has 0 radical (unpaired) electrons. The largest absolute Gasteiger partial charge is 0.294 e. The molecule has 80 valence electrons. The third-order valence-electron chi connectivity index (χ3n) is 3.06. The molecule has 0 spiro atoms. The Balaban J connectivity index is 2.02. The van der Waals surface area contributed by atoms with Crippen molar-refractivity contribution < 1.29 is 4.79 Å². The van der Waals surface area contributed by atoms with Crippen molar-refractivity contribution >= 4 is 5.78 Å². The van der Waals surface area contributed by atoms with Crippen LogP contribution in [0.4, 0.5) is 0 Å². The van der Waals surface area contributed by atoms with Crippen LogP contribution in [-0.2, 0) is 6.42 Å². The van der Waals surface area contributed by atoms with Gasteiger partial charge in [-0.1, -0.05) is 19.8 Å². The molecule has 1 saturated carbocycles. The van der Waals surface area contributed by atoms with E-state index in [1.807, 2.05) is 12.3 Å². The zero-order valence-corrected chi connectivity index (χ0v) is 9.20. The molecule has 0 bridgehead atoms. The van der Waals surface area contributed by atoms with Crippen molar-refractivity contribution in [2.75, 3.05) is 0 Å². The molecule has 1 aliphatic rings. The van der Waals surface area contributed by atoms with Crippen molar-refractivity contribution in [3.63, 3.8) is 0 Å². The number of carbonyl (C=O) groups excluding carboxylic acids is 1. The number of aryl methyl sites for hydroxylation is 1. The molecule has 2 heteroatoms. The summed E-state index contributed by atoms with van der Waals surface area (Å²) in [6.45, 7) is 2.06. The zero-order valence-electron chi connectivity index (χ0n) is 9.20. The predicted octanol–water partition coefficient (Wildman–Crippen LogP) is 3.02. The van der Waals surface area contributed by atoms with E-state index < -0.39 is 0 Å². The average Bonchev–Trinajstić information content (AvgIpc) is 3.09. The second-order valence-corrected chi connectivity index (χ2v) is 4.29. The van der Waals surface area contributed by atoms with Crippen LogP contribution in [0.1, 0.15) is 48.5 Å². The van der Waals surface area contributed by atoms with Crippen molar-refractivity contribution in [1.29, 1.82) is 0 Å². The summed E-state index contributed by atoms with van der Waals surface area (Å²) in [6.07, 6.45) is 8.84. The maximum absolute atomic E-state index is 11.9. The first-order valence-electron chi connectivity index (χ1n) is 5.77. The van der Waals surface area contributed by atoms with Crippen molar-refractivity contribution in [3.8, 4) is 0 Å². The van der Waals surface area contributed by atoms with Gasteiger partial charge in [0.2, 0.25) is 0 Å². The van der Waals surface area contributed by atoms with Crippen LogP contribution in [0.5, 0.6) is 0 Å². The smallest absolute Gasteiger partial charge is 0.163 e. The molecule has 0 aliphatic heterocycles. The first-order valence-corrected chi connectivity index (χ1v) is 5.77. The summed E-state index contributed by atoms with van der Waals surface area (Å²) in [5, 5.41) is 0. The molecule has 0 aromatic carbocycles. The lowest BCUT2D eigenvalue weighted by Gasteiger charge is -2.05. The number of carbonyl (C=O) groups is 1. The Hall–Kier alpha value is -1.18. The van der Waals surface area contributed by atoms with E-state index in [1.165, 1.54) is 12.8 Å². The van der Waals surface area contributed by atoms with E-state index in [0.717, 1.165) is 29.9 Å². The van der Waals surface area contributed by atoms with Gasteiger partial charge in [-0.25, -0.2) is 0 Å². The molecule has 15 heavy (non-hydrogen) atoms. The fraction of sp³-hybridized carbons (Fsp3) is 0.538. The molecule has 1 aromatic rings. The van der Waals surface area contributed by atoms with Crippen LogP contribution in [-0.4, -0.2) is 10.8 Å². The second-order valence-electron chi connectivity index (χ2n) is 4.29. The van der Waals surface area contributed by atoms with Crippen LogP contribution in [0.15, 0.2) is 18.5 Å². The number of rotatable bonds is 5. The minimum atomic E-state index is 0.293. The third-order valence-corrected chi connectivity index (χ3v) is 3.06. The average molecular weight is 203 g/mol. The fourth-order valence-electron chi connectivity index (χ4n) is 1.86. The highest BCUT2D eigenvalue weighted by Gasteiger charge is 2.22. The Morgan fingerprint density at radius 1 is 1.53 bits per heavy atom. The number of pyridine rings is 1. The summed E-state index contributed by atoms with van der Waals surface area (Å²) in [5.74, 6) is 1.13. The minimum absolute atomic E-state index is 0.293. The van der Waals surface area contributed by atoms with Crippen LogP contribution in [0.25, 0.3) is 0 Å². The third kappa shape index (κ3) is 2.65. The molecule has 0 saturated heterocycles. The molecular formula is C13H17NO. The van der Waals surface area contributed by atoms with E-state index >= 15 is 0 Å². The molecule has 2 nitrogen and oxygen atoms in total. The lowest BCUT2D eigenvalue weighted by atomic mass is 10.0. The minimum Gasteiger partial charge on any atom is -0.294 e. The molecule has 0 atom stereocenters. The molecule has 1 aliphatic carbocycles. The van der Waals surface area contributed by atoms with Crippen LogP contribution in [0.2, 0.25) is 0 Å². The Kier molecular flexibility index (Phi) is 3.14. The lowest BCUT2D eigenvalue weighted by molar-refractivity contribution is 0.0977. The zero-order chi connectivity index (χ0) is 10.7. The summed E-state index contributed by atoms with van der Waals surface area (Å²) in [4.78, 5) is 16.0. The summed E-state index contributed by atoms with van der Waals surface area (Å²) in [6, 6.07) is 1.86. The highest BCUT2D eigenvalue weighted by molar-refractivity contribution is 5.97. The number of nitrogens with zero attached hydrogens (tertiary/aromatic N) is 1. The van der Waals surface area contributed by atoms with Gasteiger partial charge in [-0.2, -0.15) is 0 Å². The topological polar surface area (TPSA) is 30.0 Å². The monoisotopic (exact) mass is 203 g/mol. The highest BCUT2D eigenvalue weighted by atomic mass is 16.1. The summed E-state index contributed by atoms with van der Waals surface area (Å²) < 4.78 is 0. The van der Waals surface area contributed by atoms with Gasteiger partial charge in [0.25, 0.3) is 0 Å². The van der Waals surface area contributed by atoms with E-state index in [9.17, 15) is 4.79 Å². The second kappa shape index (κ2) is 4.56. The number of ketones is 1. The Morgan fingerprint density at radius 3 is 3.00 bits per heavy atom. The molecule has 1 fully saturated rings. The lowest BCUT2D eigenvalue weighted by Crippen LogP contribution is -2.04. The van der Waals surface area contributed by atoms with Crippen LogP contribution >= 0.6 is 0 Å². The van der Waals surface area contributed by atoms with Crippen LogP contribution in [0, 0.1) is 5.92 Å². The maximum atomic E-state index is 11.9. The molecule has 0 unspecified atom stereocenters. The van der Waals surface area contributed by atoms with Gasteiger partial charge in [0.05, 0.1) is 0 Å². The highest BCUT2D eigenvalue weighted by Crippen LogP contribution is 2.33. The molecular weight excluding hydrogens is 186 g/mol. The molecule has 1 heterocycles. The van der Waals surface area contributed by atoms with Gasteiger partial charge in [-0.05, 0) is 30.4 Å². The number of hydrogen-bond acceptors (Lipinski definition) is 2. The maximum Gasteiger partial charge on any atom is 0.163 e. The van der Waals surface area contributed by atoms with E-state index in [4.69, 9.17) is 0 Å². The fourth-order valence-corrected chi connectivity index (χ4v) is 1.86. The van der Waals surface area contributed by atoms with Crippen molar-refractivity contribution in [3.05, 3.63) is 29.6 Å². The molecule has 0 N–H and O–H groups in total. The normalized spacial score (nSPS) is 15.3. The summed E-state index contributed by atoms with van der Waals surface area (Å²) >= 11 is 0. The predicted molar refractivity (Wildman–Crippen MR) is 59.9 cm³/mol. The molecule has 0 amide bonds. The number of aromatic nitrogens is 1. The van der Waals surface area contributed by atoms with Gasteiger partial charge < -0.3 is 0 Å². The van der Waals surface area contributed by atoms with Gasteiger partial charge in [0.1, 0.15) is 0 Å². The number of Topliss-reactive ketones (excluding diaryl/α,β-unsaturated/α-hetero) is 1. The van der Waals surface area contributed by atoms with Gasteiger partial charge in [-0.3, -0.25) is 9.78 Å². The van der Waals surface area contributed by atoms with E-state index in [2.05, 4.69) is 11.9 Å².